The van der Waals surface area contributed by atoms with E-state index in [4.69, 9.17) is 10.5 Å². The van der Waals surface area contributed by atoms with E-state index >= 15 is 0 Å². The minimum absolute atomic E-state index is 0. The van der Waals surface area contributed by atoms with Crippen molar-refractivity contribution in [2.24, 2.45) is 5.73 Å². The number of morpholine rings is 1. The van der Waals surface area contributed by atoms with Gasteiger partial charge in [-0.05, 0) is 13.0 Å². The molecule has 3 nitrogen and oxygen atoms in total. The first-order valence-electron chi connectivity index (χ1n) is 6.12. The number of benzene rings is 1. The topological polar surface area (TPSA) is 38.5 Å². The third-order valence-corrected chi connectivity index (χ3v) is 3.39. The molecular weight excluding hydrogens is 274 g/mol. The van der Waals surface area contributed by atoms with Gasteiger partial charge in [-0.3, -0.25) is 4.90 Å². The fourth-order valence-corrected chi connectivity index (χ4v) is 2.27. The number of halogens is 3. The van der Waals surface area contributed by atoms with E-state index in [1.807, 2.05) is 6.92 Å². The normalized spacial score (nSPS) is 21.8. The van der Waals surface area contributed by atoms with E-state index in [1.54, 1.807) is 0 Å². The molecule has 1 aromatic rings. The van der Waals surface area contributed by atoms with Crippen LogP contribution in [-0.4, -0.2) is 37.2 Å². The van der Waals surface area contributed by atoms with Crippen LogP contribution in [0.5, 0.6) is 0 Å². The lowest BCUT2D eigenvalue weighted by Crippen LogP contribution is -2.46. The smallest absolute Gasteiger partial charge is 0.130 e. The Balaban J connectivity index is 0.00000180. The first kappa shape index (κ1) is 16.3. The van der Waals surface area contributed by atoms with Crippen LogP contribution in [0.15, 0.2) is 18.2 Å². The van der Waals surface area contributed by atoms with Crippen molar-refractivity contribution in [3.05, 3.63) is 35.4 Å². The largest absolute Gasteiger partial charge is 0.374 e. The molecule has 1 aliphatic heterocycles. The first-order chi connectivity index (χ1) is 8.61. The average molecular weight is 293 g/mol. The van der Waals surface area contributed by atoms with Crippen molar-refractivity contribution in [3.63, 3.8) is 0 Å². The summed E-state index contributed by atoms with van der Waals surface area (Å²) in [6, 6.07) is 3.61. The maximum Gasteiger partial charge on any atom is 0.130 e. The van der Waals surface area contributed by atoms with E-state index in [-0.39, 0.29) is 24.6 Å². The molecule has 0 spiro atoms. The van der Waals surface area contributed by atoms with E-state index in [2.05, 4.69) is 4.90 Å². The molecule has 6 heteroatoms. The lowest BCUT2D eigenvalue weighted by Gasteiger charge is -2.36. The molecule has 1 fully saturated rings. The SMILES string of the molecule is CC(c1ccc(F)cc1F)N1CCOC(CN)C1.Cl. The van der Waals surface area contributed by atoms with Gasteiger partial charge in [0.25, 0.3) is 0 Å². The predicted octanol–water partition coefficient (Wildman–Crippen LogP) is 2.11. The summed E-state index contributed by atoms with van der Waals surface area (Å²) in [6.07, 6.45) is -0.00953. The van der Waals surface area contributed by atoms with E-state index in [9.17, 15) is 8.78 Å². The molecule has 108 valence electrons. The molecule has 1 heterocycles. The van der Waals surface area contributed by atoms with Crippen molar-refractivity contribution in [3.8, 4) is 0 Å². The zero-order valence-corrected chi connectivity index (χ0v) is 11.6. The van der Waals surface area contributed by atoms with Gasteiger partial charge in [0, 0.05) is 37.3 Å². The zero-order valence-electron chi connectivity index (χ0n) is 10.8. The van der Waals surface area contributed by atoms with Gasteiger partial charge in [-0.2, -0.15) is 0 Å². The van der Waals surface area contributed by atoms with Gasteiger partial charge in [0.15, 0.2) is 0 Å². The Morgan fingerprint density at radius 2 is 2.21 bits per heavy atom. The van der Waals surface area contributed by atoms with Gasteiger partial charge in [-0.25, -0.2) is 8.78 Å². The van der Waals surface area contributed by atoms with Crippen LogP contribution in [0, 0.1) is 11.6 Å². The molecule has 0 aromatic heterocycles. The second-order valence-corrected chi connectivity index (χ2v) is 4.57. The highest BCUT2D eigenvalue weighted by molar-refractivity contribution is 5.85. The third kappa shape index (κ3) is 3.86. The minimum Gasteiger partial charge on any atom is -0.374 e. The van der Waals surface area contributed by atoms with E-state index in [0.717, 1.165) is 12.6 Å². The maximum atomic E-state index is 13.7. The van der Waals surface area contributed by atoms with E-state index < -0.39 is 11.6 Å². The number of ether oxygens (including phenoxy) is 1. The molecule has 1 aromatic carbocycles. The first-order valence-corrected chi connectivity index (χ1v) is 6.12. The molecule has 0 bridgehead atoms. The van der Waals surface area contributed by atoms with Crippen molar-refractivity contribution in [2.75, 3.05) is 26.2 Å². The Labute approximate surface area is 118 Å². The number of nitrogens with two attached hydrogens (primary N) is 1. The number of hydrogen-bond acceptors (Lipinski definition) is 3. The van der Waals surface area contributed by atoms with E-state index in [1.165, 1.54) is 12.1 Å². The quantitative estimate of drug-likeness (QED) is 0.927. The lowest BCUT2D eigenvalue weighted by molar-refractivity contribution is -0.0368. The van der Waals surface area contributed by atoms with Crippen LogP contribution in [0.25, 0.3) is 0 Å². The van der Waals surface area contributed by atoms with Gasteiger partial charge in [0.05, 0.1) is 12.7 Å². The molecule has 0 radical (unpaired) electrons. The van der Waals surface area contributed by atoms with Crippen LogP contribution >= 0.6 is 12.4 Å². The Bertz CT molecular complexity index is 420. The summed E-state index contributed by atoms with van der Waals surface area (Å²) >= 11 is 0. The van der Waals surface area contributed by atoms with Gasteiger partial charge in [0.2, 0.25) is 0 Å². The van der Waals surface area contributed by atoms with E-state index in [0.29, 0.717) is 25.3 Å². The van der Waals surface area contributed by atoms with Crippen molar-refractivity contribution >= 4 is 12.4 Å². The number of nitrogens with zero attached hydrogens (tertiary/aromatic N) is 1. The standard InChI is InChI=1S/C13H18F2N2O.ClH/c1-9(12-3-2-10(14)6-13(12)15)17-4-5-18-11(7-16)8-17;/h2-3,6,9,11H,4-5,7-8,16H2,1H3;1H. The molecule has 1 aliphatic rings. The van der Waals surface area contributed by atoms with Gasteiger partial charge in [0.1, 0.15) is 11.6 Å². The summed E-state index contributed by atoms with van der Waals surface area (Å²) in [4.78, 5) is 2.11. The summed E-state index contributed by atoms with van der Waals surface area (Å²) in [5, 5.41) is 0. The Morgan fingerprint density at radius 3 is 2.84 bits per heavy atom. The lowest BCUT2D eigenvalue weighted by atomic mass is 10.0. The Kier molecular flexibility index (Phi) is 6.13. The van der Waals surface area contributed by atoms with Gasteiger partial charge >= 0.3 is 0 Å². The van der Waals surface area contributed by atoms with Crippen LogP contribution in [0.1, 0.15) is 18.5 Å². The molecule has 0 saturated carbocycles. The number of hydrogen-bond donors (Lipinski definition) is 1. The van der Waals surface area contributed by atoms with Crippen molar-refractivity contribution in [2.45, 2.75) is 19.1 Å². The summed E-state index contributed by atoms with van der Waals surface area (Å²) in [5.41, 5.74) is 6.09. The third-order valence-electron chi connectivity index (χ3n) is 3.39. The molecule has 0 amide bonds. The van der Waals surface area contributed by atoms with Gasteiger partial charge < -0.3 is 10.5 Å². The predicted molar refractivity (Wildman–Crippen MR) is 72.4 cm³/mol. The highest BCUT2D eigenvalue weighted by atomic mass is 35.5. The monoisotopic (exact) mass is 292 g/mol. The van der Waals surface area contributed by atoms with Crippen LogP contribution in [0.2, 0.25) is 0 Å². The van der Waals surface area contributed by atoms with Gasteiger partial charge in [-0.15, -0.1) is 12.4 Å². The second-order valence-electron chi connectivity index (χ2n) is 4.57. The highest BCUT2D eigenvalue weighted by Crippen LogP contribution is 2.25. The van der Waals surface area contributed by atoms with Crippen molar-refractivity contribution in [1.82, 2.24) is 4.90 Å². The molecule has 2 unspecified atom stereocenters. The Hall–Kier alpha value is -0.750. The summed E-state index contributed by atoms with van der Waals surface area (Å²) < 4.78 is 32.1. The van der Waals surface area contributed by atoms with Gasteiger partial charge in [-0.1, -0.05) is 6.07 Å². The maximum absolute atomic E-state index is 13.7. The molecule has 2 rings (SSSR count). The highest BCUT2D eigenvalue weighted by Gasteiger charge is 2.25. The van der Waals surface area contributed by atoms with Crippen molar-refractivity contribution < 1.29 is 13.5 Å². The molecule has 19 heavy (non-hydrogen) atoms. The van der Waals surface area contributed by atoms with Crippen LogP contribution in [0.3, 0.4) is 0 Å². The van der Waals surface area contributed by atoms with Crippen molar-refractivity contribution in [1.29, 1.82) is 0 Å². The minimum atomic E-state index is -0.551. The van der Waals surface area contributed by atoms with Crippen LogP contribution in [0.4, 0.5) is 8.78 Å². The fourth-order valence-electron chi connectivity index (χ4n) is 2.27. The molecule has 2 N–H and O–H groups in total. The molecule has 2 atom stereocenters. The summed E-state index contributed by atoms with van der Waals surface area (Å²) in [7, 11) is 0. The fraction of sp³-hybridized carbons (Fsp3) is 0.538. The average Bonchev–Trinajstić information content (AvgIpc) is 2.38. The molecule has 0 aliphatic carbocycles. The number of rotatable bonds is 3. The summed E-state index contributed by atoms with van der Waals surface area (Å²) in [6.45, 7) is 4.36. The zero-order chi connectivity index (χ0) is 13.1. The summed E-state index contributed by atoms with van der Waals surface area (Å²) in [5.74, 6) is -1.05. The van der Waals surface area contributed by atoms with Crippen LogP contribution in [-0.2, 0) is 4.74 Å². The molecule has 1 saturated heterocycles. The second kappa shape index (κ2) is 7.14. The molecular formula is C13H19ClF2N2O. The van der Waals surface area contributed by atoms with Crippen LogP contribution < -0.4 is 5.73 Å². The Morgan fingerprint density at radius 1 is 1.47 bits per heavy atom.